The van der Waals surface area contributed by atoms with Crippen molar-refractivity contribution in [2.75, 3.05) is 0 Å². The molecule has 5 nitrogen and oxygen atoms in total. The number of amides is 1. The summed E-state index contributed by atoms with van der Waals surface area (Å²) in [6.07, 6.45) is 0. The third kappa shape index (κ3) is 1.82. The summed E-state index contributed by atoms with van der Waals surface area (Å²) < 4.78 is 18.8. The first-order valence-corrected chi connectivity index (χ1v) is 4.46. The van der Waals surface area contributed by atoms with Crippen LogP contribution in [-0.2, 0) is 11.1 Å². The minimum atomic E-state index is -2.13. The molecule has 3 N–H and O–H groups in total. The van der Waals surface area contributed by atoms with Crippen LogP contribution in [-0.4, -0.2) is 19.7 Å². The van der Waals surface area contributed by atoms with Gasteiger partial charge < -0.3 is 10.3 Å². The number of hydrogen-bond donors (Lipinski definition) is 2. The molecule has 1 atom stereocenters. The van der Waals surface area contributed by atoms with E-state index >= 15 is 0 Å². The maximum atomic E-state index is 10.4. The maximum absolute atomic E-state index is 10.4. The Labute approximate surface area is 68.5 Å². The predicted molar refractivity (Wildman–Crippen MR) is 39.7 cm³/mol. The number of primary amides is 1. The second kappa shape index (κ2) is 3.07. The zero-order valence-electron chi connectivity index (χ0n) is 5.18. The Hall–Kier alpha value is -0.790. The molecule has 1 aromatic heterocycles. The van der Waals surface area contributed by atoms with Crippen molar-refractivity contribution in [1.29, 1.82) is 0 Å². The quantitative estimate of drug-likeness (QED) is 0.636. The van der Waals surface area contributed by atoms with E-state index in [9.17, 15) is 9.00 Å². The van der Waals surface area contributed by atoms with Gasteiger partial charge in [-0.05, 0) is 0 Å². The van der Waals surface area contributed by atoms with Gasteiger partial charge in [0, 0.05) is 5.38 Å². The Morgan fingerprint density at radius 3 is 2.73 bits per heavy atom. The summed E-state index contributed by atoms with van der Waals surface area (Å²) in [6.45, 7) is 0. The smallest absolute Gasteiger partial charge is 0.277 e. The molecule has 0 aliphatic rings. The van der Waals surface area contributed by atoms with Gasteiger partial charge in [0.25, 0.3) is 5.91 Å². The van der Waals surface area contributed by atoms with E-state index < -0.39 is 17.0 Å². The van der Waals surface area contributed by atoms with Crippen LogP contribution in [0.4, 0.5) is 0 Å². The molecule has 1 unspecified atom stereocenters. The molecule has 0 saturated carbocycles. The summed E-state index contributed by atoms with van der Waals surface area (Å²) in [4.78, 5) is 13.9. The van der Waals surface area contributed by atoms with Crippen LogP contribution in [0.25, 0.3) is 0 Å². The Balaban J connectivity index is 2.99. The van der Waals surface area contributed by atoms with Crippen LogP contribution < -0.4 is 5.73 Å². The number of carbonyl (C=O) groups excluding carboxylic acids is 1. The van der Waals surface area contributed by atoms with E-state index in [1.165, 1.54) is 5.38 Å². The molecule has 0 aliphatic heterocycles. The minimum absolute atomic E-state index is 0.0381. The molecule has 0 fully saturated rings. The van der Waals surface area contributed by atoms with Gasteiger partial charge in [0.15, 0.2) is 10.0 Å². The number of carbonyl (C=O) groups is 1. The molecule has 1 heterocycles. The standard InChI is InChI=1S/C4H4N2O3S2/c5-3(7)4-6-2(1-10-4)11(8)9/h1H,(H2,5,7)(H,8,9). The SMILES string of the molecule is NC(=O)c1nc(S(=O)O)cs1. The lowest BCUT2D eigenvalue weighted by Crippen LogP contribution is -2.10. The molecule has 7 heteroatoms. The van der Waals surface area contributed by atoms with E-state index in [-0.39, 0.29) is 10.0 Å². The molecule has 1 amide bonds. The molecular weight excluding hydrogens is 188 g/mol. The Morgan fingerprint density at radius 1 is 1.82 bits per heavy atom. The molecule has 11 heavy (non-hydrogen) atoms. The average Bonchev–Trinajstić information content (AvgIpc) is 2.33. The molecule has 0 spiro atoms. The van der Waals surface area contributed by atoms with Crippen molar-refractivity contribution in [3.8, 4) is 0 Å². The lowest BCUT2D eigenvalue weighted by atomic mass is 10.7. The summed E-state index contributed by atoms with van der Waals surface area (Å²) in [5.74, 6) is -0.688. The Bertz CT molecular complexity index is 280. The highest BCUT2D eigenvalue weighted by Crippen LogP contribution is 2.10. The van der Waals surface area contributed by atoms with Gasteiger partial charge in [0.2, 0.25) is 11.1 Å². The van der Waals surface area contributed by atoms with E-state index in [4.69, 9.17) is 10.3 Å². The van der Waals surface area contributed by atoms with E-state index in [0.29, 0.717) is 0 Å². The zero-order valence-corrected chi connectivity index (χ0v) is 6.82. The number of thiazole rings is 1. The van der Waals surface area contributed by atoms with Crippen molar-refractivity contribution in [1.82, 2.24) is 4.98 Å². The largest absolute Gasteiger partial charge is 0.364 e. The lowest BCUT2D eigenvalue weighted by molar-refractivity contribution is 0.0999. The van der Waals surface area contributed by atoms with Crippen molar-refractivity contribution in [3.63, 3.8) is 0 Å². The van der Waals surface area contributed by atoms with Gasteiger partial charge in [0.1, 0.15) is 0 Å². The fraction of sp³-hybridized carbons (Fsp3) is 0. The molecule has 0 aromatic carbocycles. The first-order valence-electron chi connectivity index (χ1n) is 2.47. The fourth-order valence-corrected chi connectivity index (χ4v) is 1.69. The first-order chi connectivity index (χ1) is 5.11. The van der Waals surface area contributed by atoms with Gasteiger partial charge in [-0.2, -0.15) is 0 Å². The monoisotopic (exact) mass is 192 g/mol. The fourth-order valence-electron chi connectivity index (χ4n) is 0.452. The number of hydrogen-bond acceptors (Lipinski definition) is 4. The number of aromatic nitrogens is 1. The van der Waals surface area contributed by atoms with E-state index in [1.54, 1.807) is 0 Å². The second-order valence-corrected chi connectivity index (χ2v) is 3.38. The van der Waals surface area contributed by atoms with E-state index in [0.717, 1.165) is 11.3 Å². The highest BCUT2D eigenvalue weighted by molar-refractivity contribution is 7.79. The lowest BCUT2D eigenvalue weighted by Gasteiger charge is -1.83. The van der Waals surface area contributed by atoms with Crippen LogP contribution in [0.2, 0.25) is 0 Å². The third-order valence-electron chi connectivity index (χ3n) is 0.873. The Morgan fingerprint density at radius 2 is 2.45 bits per heavy atom. The number of nitrogens with zero attached hydrogens (tertiary/aromatic N) is 1. The van der Waals surface area contributed by atoms with Crippen LogP contribution >= 0.6 is 11.3 Å². The van der Waals surface area contributed by atoms with Crippen molar-refractivity contribution in [3.05, 3.63) is 10.4 Å². The third-order valence-corrected chi connectivity index (χ3v) is 2.45. The van der Waals surface area contributed by atoms with Gasteiger partial charge in [-0.25, -0.2) is 9.19 Å². The van der Waals surface area contributed by atoms with Crippen molar-refractivity contribution >= 4 is 28.3 Å². The van der Waals surface area contributed by atoms with E-state index in [1.807, 2.05) is 0 Å². The highest BCUT2D eigenvalue weighted by atomic mass is 32.2. The van der Waals surface area contributed by atoms with Crippen LogP contribution in [0.15, 0.2) is 10.4 Å². The van der Waals surface area contributed by atoms with Gasteiger partial charge in [-0.3, -0.25) is 4.79 Å². The van der Waals surface area contributed by atoms with Crippen LogP contribution in [0.1, 0.15) is 9.80 Å². The van der Waals surface area contributed by atoms with Gasteiger partial charge in [-0.1, -0.05) is 0 Å². The predicted octanol–water partition coefficient (Wildman–Crippen LogP) is -0.177. The molecule has 0 aliphatic carbocycles. The summed E-state index contributed by atoms with van der Waals surface area (Å²) in [7, 11) is 0. The van der Waals surface area contributed by atoms with Crippen molar-refractivity contribution in [2.45, 2.75) is 5.03 Å². The molecule has 0 bridgehead atoms. The van der Waals surface area contributed by atoms with Crippen molar-refractivity contribution < 1.29 is 13.6 Å². The molecule has 0 saturated heterocycles. The molecule has 0 radical (unpaired) electrons. The summed E-state index contributed by atoms with van der Waals surface area (Å²) in [6, 6.07) is 0. The van der Waals surface area contributed by atoms with E-state index in [2.05, 4.69) is 4.98 Å². The number of rotatable bonds is 2. The van der Waals surface area contributed by atoms with Gasteiger partial charge in [0.05, 0.1) is 0 Å². The Kier molecular flexibility index (Phi) is 2.32. The average molecular weight is 192 g/mol. The van der Waals surface area contributed by atoms with Crippen LogP contribution in [0, 0.1) is 0 Å². The normalized spacial score (nSPS) is 12.8. The topological polar surface area (TPSA) is 93.3 Å². The maximum Gasteiger partial charge on any atom is 0.277 e. The molecule has 1 aromatic rings. The summed E-state index contributed by atoms with van der Waals surface area (Å²) in [5, 5.41) is 1.32. The molecule has 1 rings (SSSR count). The number of nitrogens with two attached hydrogens (primary N) is 1. The van der Waals surface area contributed by atoms with Gasteiger partial charge in [-0.15, -0.1) is 11.3 Å². The minimum Gasteiger partial charge on any atom is -0.364 e. The second-order valence-electron chi connectivity index (χ2n) is 1.60. The summed E-state index contributed by atoms with van der Waals surface area (Å²) >= 11 is -1.19. The summed E-state index contributed by atoms with van der Waals surface area (Å²) in [5.41, 5.74) is 4.86. The highest BCUT2D eigenvalue weighted by Gasteiger charge is 2.09. The van der Waals surface area contributed by atoms with Gasteiger partial charge >= 0.3 is 0 Å². The van der Waals surface area contributed by atoms with Crippen molar-refractivity contribution in [2.24, 2.45) is 5.73 Å². The first kappa shape index (κ1) is 8.31. The zero-order chi connectivity index (χ0) is 8.43. The van der Waals surface area contributed by atoms with Crippen LogP contribution in [0.5, 0.6) is 0 Å². The van der Waals surface area contributed by atoms with Crippen LogP contribution in [0.3, 0.4) is 0 Å². The molecular formula is C4H4N2O3S2. The molecule has 60 valence electrons.